The lowest BCUT2D eigenvalue weighted by Crippen LogP contribution is -2.25. The molecule has 1 heterocycles. The second-order valence-corrected chi connectivity index (χ2v) is 5.74. The van der Waals surface area contributed by atoms with Crippen LogP contribution in [-0.2, 0) is 4.79 Å². The van der Waals surface area contributed by atoms with Crippen molar-refractivity contribution in [1.82, 2.24) is 10.2 Å². The van der Waals surface area contributed by atoms with Gasteiger partial charge >= 0.3 is 0 Å². The third-order valence-corrected chi connectivity index (χ3v) is 3.90. The van der Waals surface area contributed by atoms with Crippen molar-refractivity contribution in [2.24, 2.45) is 5.73 Å². The summed E-state index contributed by atoms with van der Waals surface area (Å²) >= 11 is 1.59. The summed E-state index contributed by atoms with van der Waals surface area (Å²) in [6.07, 6.45) is 2.19. The van der Waals surface area contributed by atoms with Crippen molar-refractivity contribution in [2.45, 2.75) is 38.9 Å². The first-order valence-corrected chi connectivity index (χ1v) is 7.29. The van der Waals surface area contributed by atoms with E-state index in [1.165, 1.54) is 0 Å². The third kappa shape index (κ3) is 4.27. The number of amides is 2. The van der Waals surface area contributed by atoms with Crippen LogP contribution in [0.3, 0.4) is 0 Å². The molecule has 19 heavy (non-hydrogen) atoms. The molecule has 6 nitrogen and oxygen atoms in total. The largest absolute Gasteiger partial charge is 0.364 e. The van der Waals surface area contributed by atoms with Crippen LogP contribution in [0.2, 0.25) is 0 Å². The van der Waals surface area contributed by atoms with Crippen LogP contribution in [0.5, 0.6) is 0 Å². The molecule has 1 aromatic heterocycles. The van der Waals surface area contributed by atoms with Gasteiger partial charge in [0.15, 0.2) is 5.69 Å². The predicted molar refractivity (Wildman–Crippen MR) is 77.3 cm³/mol. The number of aromatic amines is 1. The lowest BCUT2D eigenvalue weighted by molar-refractivity contribution is -0.115. The van der Waals surface area contributed by atoms with Gasteiger partial charge in [-0.05, 0) is 26.0 Å². The van der Waals surface area contributed by atoms with Crippen molar-refractivity contribution < 1.29 is 9.59 Å². The average Bonchev–Trinajstić information content (AvgIpc) is 2.71. The molecule has 1 rings (SSSR count). The lowest BCUT2D eigenvalue weighted by Gasteiger charge is -2.11. The van der Waals surface area contributed by atoms with Crippen LogP contribution in [0.4, 0.5) is 5.69 Å². The zero-order valence-electron chi connectivity index (χ0n) is 11.4. The smallest absolute Gasteiger partial charge is 0.271 e. The SMILES string of the molecule is CCCCS[C@@H](C)C(=O)Nc1c(C(N)=O)n[nH]c1C. The maximum atomic E-state index is 12.0. The van der Waals surface area contributed by atoms with Crippen molar-refractivity contribution in [3.8, 4) is 0 Å². The van der Waals surface area contributed by atoms with Gasteiger partial charge in [-0.15, -0.1) is 11.8 Å². The minimum absolute atomic E-state index is 0.0663. The number of unbranched alkanes of at least 4 members (excludes halogenated alkanes) is 1. The Hall–Kier alpha value is -1.50. The van der Waals surface area contributed by atoms with Crippen LogP contribution < -0.4 is 11.1 Å². The number of aryl methyl sites for hydroxylation is 1. The Kier molecular flexibility index (Phi) is 5.88. The molecule has 0 saturated heterocycles. The molecule has 0 aromatic carbocycles. The molecule has 106 valence electrons. The number of nitrogens with two attached hydrogens (primary N) is 1. The van der Waals surface area contributed by atoms with Gasteiger partial charge in [0.2, 0.25) is 5.91 Å². The number of nitrogens with zero attached hydrogens (tertiary/aromatic N) is 1. The summed E-state index contributed by atoms with van der Waals surface area (Å²) in [4.78, 5) is 23.2. The van der Waals surface area contributed by atoms with Crippen LogP contribution in [0.25, 0.3) is 0 Å². The van der Waals surface area contributed by atoms with E-state index >= 15 is 0 Å². The number of anilines is 1. The van der Waals surface area contributed by atoms with E-state index in [9.17, 15) is 9.59 Å². The molecule has 0 bridgehead atoms. The number of carbonyl (C=O) groups excluding carboxylic acids is 2. The van der Waals surface area contributed by atoms with Crippen LogP contribution in [-0.4, -0.2) is 33.0 Å². The molecule has 7 heteroatoms. The number of hydrogen-bond acceptors (Lipinski definition) is 4. The van der Waals surface area contributed by atoms with Crippen molar-refractivity contribution in [3.05, 3.63) is 11.4 Å². The number of primary amides is 1. The normalized spacial score (nSPS) is 12.2. The molecule has 0 aliphatic rings. The standard InChI is InChI=1S/C12H20N4O2S/c1-4-5-6-19-8(3)12(18)14-9-7(2)15-16-10(9)11(13)17/h8H,4-6H2,1-3H3,(H2,13,17)(H,14,18)(H,15,16)/t8-/m0/s1. The van der Waals surface area contributed by atoms with Gasteiger partial charge in [-0.25, -0.2) is 0 Å². The maximum Gasteiger partial charge on any atom is 0.271 e. The summed E-state index contributed by atoms with van der Waals surface area (Å²) < 4.78 is 0. The van der Waals surface area contributed by atoms with Crippen LogP contribution >= 0.6 is 11.8 Å². The predicted octanol–water partition coefficient (Wildman–Crippen LogP) is 1.68. The van der Waals surface area contributed by atoms with Gasteiger partial charge in [0.05, 0.1) is 16.6 Å². The van der Waals surface area contributed by atoms with E-state index in [2.05, 4.69) is 22.4 Å². The van der Waals surface area contributed by atoms with Gasteiger partial charge < -0.3 is 11.1 Å². The molecule has 0 unspecified atom stereocenters. The van der Waals surface area contributed by atoms with Gasteiger partial charge in [0.25, 0.3) is 5.91 Å². The molecule has 1 aromatic rings. The second-order valence-electron chi connectivity index (χ2n) is 4.29. The van der Waals surface area contributed by atoms with Gasteiger partial charge in [-0.3, -0.25) is 14.7 Å². The van der Waals surface area contributed by atoms with E-state index in [-0.39, 0.29) is 16.9 Å². The maximum absolute atomic E-state index is 12.0. The molecular weight excluding hydrogens is 264 g/mol. The minimum Gasteiger partial charge on any atom is -0.364 e. The van der Waals surface area contributed by atoms with E-state index in [1.807, 2.05) is 6.92 Å². The molecule has 0 spiro atoms. The summed E-state index contributed by atoms with van der Waals surface area (Å²) in [5.41, 5.74) is 6.26. The number of hydrogen-bond donors (Lipinski definition) is 3. The zero-order valence-corrected chi connectivity index (χ0v) is 12.3. The molecular formula is C12H20N4O2S. The zero-order chi connectivity index (χ0) is 14.4. The van der Waals surface area contributed by atoms with Crippen molar-refractivity contribution >= 4 is 29.3 Å². The Bertz CT molecular complexity index is 459. The Morgan fingerprint density at radius 3 is 2.79 bits per heavy atom. The first-order chi connectivity index (χ1) is 8.97. The molecule has 1 atom stereocenters. The first-order valence-electron chi connectivity index (χ1n) is 6.24. The molecule has 0 saturated carbocycles. The van der Waals surface area contributed by atoms with E-state index in [4.69, 9.17) is 5.73 Å². The van der Waals surface area contributed by atoms with E-state index in [0.717, 1.165) is 18.6 Å². The van der Waals surface area contributed by atoms with Crippen molar-refractivity contribution in [3.63, 3.8) is 0 Å². The van der Waals surface area contributed by atoms with Gasteiger partial charge in [-0.1, -0.05) is 13.3 Å². The first kappa shape index (κ1) is 15.6. The van der Waals surface area contributed by atoms with Crippen LogP contribution in [0.15, 0.2) is 0 Å². The molecule has 0 fully saturated rings. The fourth-order valence-electron chi connectivity index (χ4n) is 1.47. The number of H-pyrrole nitrogens is 1. The van der Waals surface area contributed by atoms with E-state index in [0.29, 0.717) is 11.4 Å². The Labute approximate surface area is 116 Å². The van der Waals surface area contributed by atoms with Gasteiger partial charge in [-0.2, -0.15) is 5.10 Å². The topological polar surface area (TPSA) is 101 Å². The summed E-state index contributed by atoms with van der Waals surface area (Å²) in [5.74, 6) is 0.136. The van der Waals surface area contributed by atoms with Crippen LogP contribution in [0.1, 0.15) is 42.9 Å². The van der Waals surface area contributed by atoms with Gasteiger partial charge in [0.1, 0.15) is 0 Å². The highest BCUT2D eigenvalue weighted by molar-refractivity contribution is 8.00. The summed E-state index contributed by atoms with van der Waals surface area (Å²) in [5, 5.41) is 8.96. The van der Waals surface area contributed by atoms with E-state index in [1.54, 1.807) is 18.7 Å². The number of nitrogens with one attached hydrogen (secondary N) is 2. The summed E-state index contributed by atoms with van der Waals surface area (Å²) in [7, 11) is 0. The lowest BCUT2D eigenvalue weighted by atomic mass is 10.2. The van der Waals surface area contributed by atoms with Gasteiger partial charge in [0, 0.05) is 0 Å². The number of aromatic nitrogens is 2. The third-order valence-electron chi connectivity index (χ3n) is 2.66. The average molecular weight is 284 g/mol. The molecule has 2 amide bonds. The second kappa shape index (κ2) is 7.18. The summed E-state index contributed by atoms with van der Waals surface area (Å²) in [6.45, 7) is 5.68. The van der Waals surface area contributed by atoms with Crippen molar-refractivity contribution in [2.75, 3.05) is 11.1 Å². The number of carbonyl (C=O) groups is 2. The fourth-order valence-corrected chi connectivity index (χ4v) is 2.48. The number of thioether (sulfide) groups is 1. The van der Waals surface area contributed by atoms with Crippen molar-refractivity contribution in [1.29, 1.82) is 0 Å². The quantitative estimate of drug-likeness (QED) is 0.663. The monoisotopic (exact) mass is 284 g/mol. The summed E-state index contributed by atoms with van der Waals surface area (Å²) in [6, 6.07) is 0. The molecule has 0 aliphatic heterocycles. The molecule has 0 radical (unpaired) electrons. The van der Waals surface area contributed by atoms with E-state index < -0.39 is 5.91 Å². The number of rotatable bonds is 7. The highest BCUT2D eigenvalue weighted by atomic mass is 32.2. The molecule has 0 aliphatic carbocycles. The Morgan fingerprint density at radius 1 is 1.53 bits per heavy atom. The minimum atomic E-state index is -0.661. The highest BCUT2D eigenvalue weighted by Gasteiger charge is 2.20. The Balaban J connectivity index is 2.66. The molecule has 4 N–H and O–H groups in total. The highest BCUT2D eigenvalue weighted by Crippen LogP contribution is 2.20. The van der Waals surface area contributed by atoms with Crippen LogP contribution in [0, 0.1) is 6.92 Å². The fraction of sp³-hybridized carbons (Fsp3) is 0.583. The Morgan fingerprint density at radius 2 is 2.21 bits per heavy atom.